The molecule has 1 atom stereocenters. The van der Waals surface area contributed by atoms with Gasteiger partial charge in [0.1, 0.15) is 16.9 Å². The molecule has 1 fully saturated rings. The molecule has 0 aromatic heterocycles. The van der Waals surface area contributed by atoms with Crippen molar-refractivity contribution in [1.82, 2.24) is 0 Å². The lowest BCUT2D eigenvalue weighted by Crippen LogP contribution is -2.45. The van der Waals surface area contributed by atoms with Crippen LogP contribution in [0, 0.1) is 5.92 Å². The summed E-state index contributed by atoms with van der Waals surface area (Å²) < 4.78 is 16.3. The molecule has 2 rings (SSSR count). The Balaban J connectivity index is 2.19. The minimum Gasteiger partial charge on any atom is -0.493 e. The van der Waals surface area contributed by atoms with Gasteiger partial charge in [-0.1, -0.05) is 13.8 Å². The first kappa shape index (κ1) is 20.2. The molecule has 0 bridgehead atoms. The highest BCUT2D eigenvalue weighted by molar-refractivity contribution is 5.99. The monoisotopic (exact) mass is 363 g/mol. The molecule has 0 saturated heterocycles. The summed E-state index contributed by atoms with van der Waals surface area (Å²) in [4.78, 5) is 24.9. The minimum atomic E-state index is -0.848. The lowest BCUT2D eigenvalue weighted by Gasteiger charge is -2.28. The average Bonchev–Trinajstić information content (AvgIpc) is 3.49. The lowest BCUT2D eigenvalue weighted by atomic mass is 9.98. The second kappa shape index (κ2) is 9.03. The van der Waals surface area contributed by atoms with E-state index in [4.69, 9.17) is 14.2 Å². The van der Waals surface area contributed by atoms with Crippen LogP contribution in [0.3, 0.4) is 0 Å². The molecule has 6 nitrogen and oxygen atoms in total. The summed E-state index contributed by atoms with van der Waals surface area (Å²) in [5, 5.41) is 2.89. The molecule has 1 saturated carbocycles. The number of benzene rings is 1. The predicted octanol–water partition coefficient (Wildman–Crippen LogP) is 3.80. The number of hydrogen-bond donors (Lipinski definition) is 1. The van der Waals surface area contributed by atoms with Gasteiger partial charge in [-0.05, 0) is 56.7 Å². The molecule has 0 spiro atoms. The fourth-order valence-corrected chi connectivity index (χ4v) is 2.79. The van der Waals surface area contributed by atoms with Crippen LogP contribution in [0.5, 0.6) is 5.75 Å². The maximum Gasteiger partial charge on any atom is 0.341 e. The number of amides is 1. The van der Waals surface area contributed by atoms with E-state index in [9.17, 15) is 9.59 Å². The molecule has 1 N–H and O–H groups in total. The largest absolute Gasteiger partial charge is 0.493 e. The van der Waals surface area contributed by atoms with E-state index in [-0.39, 0.29) is 11.8 Å². The van der Waals surface area contributed by atoms with Crippen molar-refractivity contribution in [2.45, 2.75) is 52.1 Å². The SMILES string of the molecule is CCCOc1ccc(NC(=O)[C@](C)(OCCC)C2CC2)cc1C(=O)OC. The van der Waals surface area contributed by atoms with Crippen LogP contribution in [0.1, 0.15) is 56.8 Å². The summed E-state index contributed by atoms with van der Waals surface area (Å²) >= 11 is 0. The molecular formula is C20H29NO5. The molecule has 6 heteroatoms. The van der Waals surface area contributed by atoms with Crippen molar-refractivity contribution in [3.05, 3.63) is 23.8 Å². The van der Waals surface area contributed by atoms with Gasteiger partial charge in [-0.25, -0.2) is 4.79 Å². The Bertz CT molecular complexity index is 641. The maximum atomic E-state index is 12.8. The smallest absolute Gasteiger partial charge is 0.341 e. The van der Waals surface area contributed by atoms with Crippen LogP contribution >= 0.6 is 0 Å². The minimum absolute atomic E-state index is 0.188. The molecule has 1 aromatic carbocycles. The van der Waals surface area contributed by atoms with Crippen LogP contribution in [-0.2, 0) is 14.3 Å². The zero-order valence-electron chi connectivity index (χ0n) is 16.1. The zero-order valence-corrected chi connectivity index (χ0v) is 16.1. The first-order valence-corrected chi connectivity index (χ1v) is 9.26. The lowest BCUT2D eigenvalue weighted by molar-refractivity contribution is -0.142. The highest BCUT2D eigenvalue weighted by Crippen LogP contribution is 2.42. The van der Waals surface area contributed by atoms with Gasteiger partial charge in [-0.2, -0.15) is 0 Å². The van der Waals surface area contributed by atoms with Crippen molar-refractivity contribution in [2.24, 2.45) is 5.92 Å². The Hall–Kier alpha value is -2.08. The van der Waals surface area contributed by atoms with E-state index in [0.717, 1.165) is 25.7 Å². The Morgan fingerprint density at radius 3 is 2.46 bits per heavy atom. The Morgan fingerprint density at radius 1 is 1.19 bits per heavy atom. The number of carbonyl (C=O) groups is 2. The van der Waals surface area contributed by atoms with Gasteiger partial charge in [0.25, 0.3) is 5.91 Å². The zero-order chi connectivity index (χ0) is 19.2. The number of ether oxygens (including phenoxy) is 3. The van der Waals surface area contributed by atoms with Gasteiger partial charge < -0.3 is 19.5 Å². The molecule has 0 unspecified atom stereocenters. The first-order valence-electron chi connectivity index (χ1n) is 9.26. The van der Waals surface area contributed by atoms with Gasteiger partial charge in [0, 0.05) is 12.3 Å². The van der Waals surface area contributed by atoms with Gasteiger partial charge in [0.05, 0.1) is 13.7 Å². The molecule has 144 valence electrons. The average molecular weight is 363 g/mol. The second-order valence-electron chi connectivity index (χ2n) is 6.73. The molecule has 1 aliphatic carbocycles. The molecule has 1 amide bonds. The molecule has 0 heterocycles. The number of esters is 1. The third-order valence-corrected chi connectivity index (χ3v) is 4.52. The van der Waals surface area contributed by atoms with Crippen molar-refractivity contribution in [3.63, 3.8) is 0 Å². The van der Waals surface area contributed by atoms with E-state index in [1.54, 1.807) is 18.2 Å². The van der Waals surface area contributed by atoms with Crippen LogP contribution in [0.15, 0.2) is 18.2 Å². The van der Waals surface area contributed by atoms with Gasteiger partial charge in [-0.15, -0.1) is 0 Å². The second-order valence-corrected chi connectivity index (χ2v) is 6.73. The standard InChI is InChI=1S/C20H29NO5/c1-5-11-25-17-10-9-15(13-16(17)18(22)24-4)21-19(23)20(3,14-7-8-14)26-12-6-2/h9-10,13-14H,5-8,11-12H2,1-4H3,(H,21,23)/t20-/m1/s1. The number of carbonyl (C=O) groups excluding carboxylic acids is 2. The number of nitrogens with one attached hydrogen (secondary N) is 1. The van der Waals surface area contributed by atoms with Gasteiger partial charge >= 0.3 is 5.97 Å². The highest BCUT2D eigenvalue weighted by Gasteiger charge is 2.48. The topological polar surface area (TPSA) is 73.9 Å². The van der Waals surface area contributed by atoms with Crippen molar-refractivity contribution < 1.29 is 23.8 Å². The molecular weight excluding hydrogens is 334 g/mol. The van der Waals surface area contributed by atoms with Crippen molar-refractivity contribution >= 4 is 17.6 Å². The van der Waals surface area contributed by atoms with Crippen LogP contribution in [0.25, 0.3) is 0 Å². The van der Waals surface area contributed by atoms with Gasteiger partial charge in [-0.3, -0.25) is 4.79 Å². The van der Waals surface area contributed by atoms with Gasteiger partial charge in [0.2, 0.25) is 0 Å². The van der Waals surface area contributed by atoms with Crippen LogP contribution in [-0.4, -0.2) is 37.8 Å². The summed E-state index contributed by atoms with van der Waals surface area (Å²) in [6.07, 6.45) is 3.66. The Kier molecular flexibility index (Phi) is 7.03. The number of anilines is 1. The van der Waals surface area contributed by atoms with Crippen LogP contribution in [0.4, 0.5) is 5.69 Å². The molecule has 1 aliphatic rings. The normalized spacial score (nSPS) is 15.8. The number of rotatable bonds is 10. The van der Waals surface area contributed by atoms with Gasteiger partial charge in [0.15, 0.2) is 0 Å². The Morgan fingerprint density at radius 2 is 1.88 bits per heavy atom. The fraction of sp³-hybridized carbons (Fsp3) is 0.600. The fourth-order valence-electron chi connectivity index (χ4n) is 2.79. The first-order chi connectivity index (χ1) is 12.5. The molecule has 0 radical (unpaired) electrons. The third-order valence-electron chi connectivity index (χ3n) is 4.52. The summed E-state index contributed by atoms with van der Waals surface area (Å²) in [5.41, 5.74) is -0.0358. The summed E-state index contributed by atoms with van der Waals surface area (Å²) in [6.45, 7) is 6.89. The van der Waals surface area contributed by atoms with E-state index in [2.05, 4.69) is 5.32 Å². The van der Waals surface area contributed by atoms with Crippen molar-refractivity contribution in [1.29, 1.82) is 0 Å². The van der Waals surface area contributed by atoms with E-state index >= 15 is 0 Å². The maximum absolute atomic E-state index is 12.8. The highest BCUT2D eigenvalue weighted by atomic mass is 16.5. The third kappa shape index (κ3) is 4.75. The quantitative estimate of drug-likeness (QED) is 0.640. The molecule has 26 heavy (non-hydrogen) atoms. The van der Waals surface area contributed by atoms with E-state index in [1.807, 2.05) is 20.8 Å². The van der Waals surface area contributed by atoms with Crippen LogP contribution < -0.4 is 10.1 Å². The van der Waals surface area contributed by atoms with E-state index in [0.29, 0.717) is 30.2 Å². The summed E-state index contributed by atoms with van der Waals surface area (Å²) in [7, 11) is 1.32. The number of hydrogen-bond acceptors (Lipinski definition) is 5. The van der Waals surface area contributed by atoms with Crippen molar-refractivity contribution in [2.75, 3.05) is 25.6 Å². The molecule has 0 aliphatic heterocycles. The predicted molar refractivity (Wildman–Crippen MR) is 99.6 cm³/mol. The number of methoxy groups -OCH3 is 1. The molecule has 1 aromatic rings. The summed E-state index contributed by atoms with van der Waals surface area (Å²) in [5.74, 6) is -0.00365. The van der Waals surface area contributed by atoms with Crippen molar-refractivity contribution in [3.8, 4) is 5.75 Å². The summed E-state index contributed by atoms with van der Waals surface area (Å²) in [6, 6.07) is 4.99. The van der Waals surface area contributed by atoms with Crippen LogP contribution in [0.2, 0.25) is 0 Å². The Labute approximate surface area is 155 Å². The van der Waals surface area contributed by atoms with E-state index in [1.165, 1.54) is 7.11 Å². The van der Waals surface area contributed by atoms with E-state index < -0.39 is 11.6 Å².